The van der Waals surface area contributed by atoms with E-state index in [2.05, 4.69) is 15.6 Å². The Morgan fingerprint density at radius 2 is 1.82 bits per heavy atom. The van der Waals surface area contributed by atoms with Gasteiger partial charge in [0, 0.05) is 61.2 Å². The molecule has 8 nitrogen and oxygen atoms in total. The van der Waals surface area contributed by atoms with Crippen molar-refractivity contribution in [3.8, 4) is 5.75 Å². The fourth-order valence-electron chi connectivity index (χ4n) is 5.17. The van der Waals surface area contributed by atoms with Gasteiger partial charge in [0.25, 0.3) is 0 Å². The van der Waals surface area contributed by atoms with E-state index in [1.807, 2.05) is 55.6 Å². The largest absolute Gasteiger partial charge is 0.490 e. The van der Waals surface area contributed by atoms with Crippen LogP contribution >= 0.6 is 0 Å². The molecule has 1 aliphatic heterocycles. The van der Waals surface area contributed by atoms with Crippen molar-refractivity contribution >= 4 is 28.5 Å². The Bertz CT molecular complexity index is 1460. The molecule has 9 heteroatoms. The van der Waals surface area contributed by atoms with Crippen LogP contribution in [0.3, 0.4) is 0 Å². The number of carbonyl (C=O) groups is 2. The molecule has 1 aromatic heterocycles. The van der Waals surface area contributed by atoms with Crippen molar-refractivity contribution in [2.24, 2.45) is 5.73 Å². The Hall–Kier alpha value is -4.37. The number of hydrogen-bond acceptors (Lipinski definition) is 4. The van der Waals surface area contributed by atoms with Crippen LogP contribution < -0.4 is 21.1 Å². The first-order valence-corrected chi connectivity index (χ1v) is 13.5. The third-order valence-electron chi connectivity index (χ3n) is 7.45. The number of nitrogens with one attached hydrogen (secondary N) is 3. The number of H-pyrrole nitrogens is 1. The lowest BCUT2D eigenvalue weighted by molar-refractivity contribution is -0.118. The number of piperidine rings is 1. The Balaban J connectivity index is 1.29. The molecule has 5 N–H and O–H groups in total. The molecule has 0 spiro atoms. The molecule has 0 bridgehead atoms. The molecule has 5 rings (SSSR count). The zero-order valence-corrected chi connectivity index (χ0v) is 22.4. The minimum absolute atomic E-state index is 0.0754. The summed E-state index contributed by atoms with van der Waals surface area (Å²) in [7, 11) is 0. The SMILES string of the molecule is CC(c1c[nH]c2ccccc12)C(NC(=O)N1CCC(Oc2ccc(F)cc2)CC1)C(=O)Nc1cccc(CN)c1. The number of amides is 3. The zero-order chi connectivity index (χ0) is 28.1. The van der Waals surface area contributed by atoms with Crippen molar-refractivity contribution in [2.45, 2.75) is 44.4 Å². The van der Waals surface area contributed by atoms with Crippen LogP contribution in [0.25, 0.3) is 10.9 Å². The van der Waals surface area contributed by atoms with Crippen molar-refractivity contribution < 1.29 is 18.7 Å². The maximum absolute atomic E-state index is 13.6. The molecule has 2 atom stereocenters. The van der Waals surface area contributed by atoms with Crippen molar-refractivity contribution in [1.29, 1.82) is 0 Å². The van der Waals surface area contributed by atoms with Crippen LogP contribution in [0, 0.1) is 5.82 Å². The number of rotatable bonds is 8. The number of anilines is 1. The van der Waals surface area contributed by atoms with Crippen LogP contribution in [0.1, 0.15) is 36.8 Å². The summed E-state index contributed by atoms with van der Waals surface area (Å²) in [5.41, 5.74) is 9.21. The van der Waals surface area contributed by atoms with Gasteiger partial charge in [0.1, 0.15) is 23.7 Å². The predicted octanol–water partition coefficient (Wildman–Crippen LogP) is 5.13. The molecule has 3 amide bonds. The van der Waals surface area contributed by atoms with Gasteiger partial charge in [-0.25, -0.2) is 9.18 Å². The number of para-hydroxylation sites is 1. The van der Waals surface area contributed by atoms with Gasteiger partial charge in [-0.2, -0.15) is 0 Å². The number of ether oxygens (including phenoxy) is 1. The number of benzene rings is 3. The Labute approximate surface area is 232 Å². The van der Waals surface area contributed by atoms with Crippen molar-refractivity contribution in [2.75, 3.05) is 18.4 Å². The molecule has 0 saturated carbocycles. The highest BCUT2D eigenvalue weighted by atomic mass is 19.1. The molecule has 40 heavy (non-hydrogen) atoms. The first-order valence-electron chi connectivity index (χ1n) is 13.5. The number of urea groups is 1. The minimum Gasteiger partial charge on any atom is -0.490 e. The van der Waals surface area contributed by atoms with Crippen molar-refractivity contribution in [3.63, 3.8) is 0 Å². The highest BCUT2D eigenvalue weighted by Crippen LogP contribution is 2.29. The standard InChI is InChI=1S/C31H34FN5O3/c1-20(27-19-34-28-8-3-2-7-26(27)28)29(30(38)35-23-6-4-5-21(17-23)18-33)36-31(39)37-15-13-25(14-16-37)40-24-11-9-22(32)10-12-24/h2-12,17,19-20,25,29,34H,13-16,18,33H2,1H3,(H,35,38)(H,36,39). The molecular formula is C31H34FN5O3. The normalized spacial score (nSPS) is 15.4. The van der Waals surface area contributed by atoms with Gasteiger partial charge in [-0.15, -0.1) is 0 Å². The van der Waals surface area contributed by atoms with Crippen LogP contribution in [-0.4, -0.2) is 47.1 Å². The first-order chi connectivity index (χ1) is 19.4. The van der Waals surface area contributed by atoms with Crippen LogP contribution in [0.15, 0.2) is 79.0 Å². The van der Waals surface area contributed by atoms with E-state index in [4.69, 9.17) is 10.5 Å². The van der Waals surface area contributed by atoms with Gasteiger partial charge in [0.05, 0.1) is 0 Å². The van der Waals surface area contributed by atoms with E-state index in [0.29, 0.717) is 43.9 Å². The Morgan fingerprint density at radius 3 is 2.58 bits per heavy atom. The van der Waals surface area contributed by atoms with E-state index in [9.17, 15) is 14.0 Å². The molecule has 1 fully saturated rings. The van der Waals surface area contributed by atoms with E-state index in [0.717, 1.165) is 22.0 Å². The van der Waals surface area contributed by atoms with Gasteiger partial charge < -0.3 is 31.0 Å². The monoisotopic (exact) mass is 543 g/mol. The van der Waals surface area contributed by atoms with Crippen LogP contribution in [-0.2, 0) is 11.3 Å². The highest BCUT2D eigenvalue weighted by molar-refractivity contribution is 5.98. The first kappa shape index (κ1) is 27.2. The second-order valence-electron chi connectivity index (χ2n) is 10.2. The molecule has 0 radical (unpaired) electrons. The van der Waals surface area contributed by atoms with Gasteiger partial charge in [0.15, 0.2) is 0 Å². The lowest BCUT2D eigenvalue weighted by atomic mass is 9.92. The van der Waals surface area contributed by atoms with Crippen LogP contribution in [0.5, 0.6) is 5.75 Å². The second-order valence-corrected chi connectivity index (χ2v) is 10.2. The maximum Gasteiger partial charge on any atom is 0.318 e. The van der Waals surface area contributed by atoms with Crippen LogP contribution in [0.2, 0.25) is 0 Å². The molecule has 208 valence electrons. The summed E-state index contributed by atoms with van der Waals surface area (Å²) < 4.78 is 19.2. The van der Waals surface area contributed by atoms with Gasteiger partial charge in [-0.3, -0.25) is 4.79 Å². The molecule has 3 aromatic carbocycles. The van der Waals surface area contributed by atoms with E-state index in [-0.39, 0.29) is 29.8 Å². The number of hydrogen-bond donors (Lipinski definition) is 4. The maximum atomic E-state index is 13.6. The lowest BCUT2D eigenvalue weighted by Gasteiger charge is -2.34. The Kier molecular flexibility index (Phi) is 8.31. The third-order valence-corrected chi connectivity index (χ3v) is 7.45. The Morgan fingerprint density at radius 1 is 1.07 bits per heavy atom. The average Bonchev–Trinajstić information content (AvgIpc) is 3.41. The number of carbonyl (C=O) groups excluding carboxylic acids is 2. The summed E-state index contributed by atoms with van der Waals surface area (Å²) in [6.07, 6.45) is 3.08. The van der Waals surface area contributed by atoms with Crippen LogP contribution in [0.4, 0.5) is 14.9 Å². The number of halogens is 1. The van der Waals surface area contributed by atoms with E-state index in [1.165, 1.54) is 12.1 Å². The van der Waals surface area contributed by atoms with E-state index < -0.39 is 6.04 Å². The van der Waals surface area contributed by atoms with Gasteiger partial charge >= 0.3 is 6.03 Å². The molecule has 2 heterocycles. The molecular weight excluding hydrogens is 509 g/mol. The zero-order valence-electron chi connectivity index (χ0n) is 22.4. The second kappa shape index (κ2) is 12.2. The van der Waals surface area contributed by atoms with E-state index in [1.54, 1.807) is 23.1 Å². The summed E-state index contributed by atoms with van der Waals surface area (Å²) in [6.45, 7) is 3.26. The van der Waals surface area contributed by atoms with Gasteiger partial charge in [-0.05, 0) is 53.6 Å². The fraction of sp³-hybridized carbons (Fsp3) is 0.290. The summed E-state index contributed by atoms with van der Waals surface area (Å²) in [5, 5.41) is 6.99. The minimum atomic E-state index is -0.832. The summed E-state index contributed by atoms with van der Waals surface area (Å²) >= 11 is 0. The van der Waals surface area contributed by atoms with Gasteiger partial charge in [0.2, 0.25) is 5.91 Å². The lowest BCUT2D eigenvalue weighted by Crippen LogP contribution is -2.53. The summed E-state index contributed by atoms with van der Waals surface area (Å²) in [4.78, 5) is 32.1. The molecule has 2 unspecified atom stereocenters. The fourth-order valence-corrected chi connectivity index (χ4v) is 5.17. The predicted molar refractivity (Wildman–Crippen MR) is 154 cm³/mol. The molecule has 1 saturated heterocycles. The number of nitrogens with zero attached hydrogens (tertiary/aromatic N) is 1. The number of aromatic nitrogens is 1. The molecule has 1 aliphatic rings. The molecule has 4 aromatic rings. The highest BCUT2D eigenvalue weighted by Gasteiger charge is 2.32. The number of aromatic amines is 1. The smallest absolute Gasteiger partial charge is 0.318 e. The van der Waals surface area contributed by atoms with E-state index >= 15 is 0 Å². The van der Waals surface area contributed by atoms with Crippen molar-refractivity contribution in [3.05, 3.63) is 95.9 Å². The van der Waals surface area contributed by atoms with Gasteiger partial charge in [-0.1, -0.05) is 37.3 Å². The number of likely N-dealkylation sites (tertiary alicyclic amines) is 1. The quantitative estimate of drug-likeness (QED) is 0.247. The average molecular weight is 544 g/mol. The third kappa shape index (κ3) is 6.26. The summed E-state index contributed by atoms with van der Waals surface area (Å²) in [5.74, 6) is -0.342. The van der Waals surface area contributed by atoms with Crippen molar-refractivity contribution in [1.82, 2.24) is 15.2 Å². The number of fused-ring (bicyclic) bond motifs is 1. The summed E-state index contributed by atoms with van der Waals surface area (Å²) in [6, 6.07) is 20.1. The molecule has 0 aliphatic carbocycles. The topological polar surface area (TPSA) is 112 Å². The number of nitrogens with two attached hydrogens (primary N) is 1.